The van der Waals surface area contributed by atoms with E-state index in [4.69, 9.17) is 0 Å². The van der Waals surface area contributed by atoms with Gasteiger partial charge < -0.3 is 10.5 Å². The average molecular weight is 478 g/mol. The highest BCUT2D eigenvalue weighted by molar-refractivity contribution is 6.01. The van der Waals surface area contributed by atoms with E-state index >= 15 is 0 Å². The summed E-state index contributed by atoms with van der Waals surface area (Å²) in [6.07, 6.45) is 7.22. The van der Waals surface area contributed by atoms with Crippen LogP contribution in [0.1, 0.15) is 77.2 Å². The second kappa shape index (κ2) is 11.2. The van der Waals surface area contributed by atoms with Crippen molar-refractivity contribution in [3.8, 4) is 0 Å². The summed E-state index contributed by atoms with van der Waals surface area (Å²) in [4.78, 5) is 16.9. The van der Waals surface area contributed by atoms with Crippen LogP contribution in [0.25, 0.3) is 0 Å². The maximum Gasteiger partial charge on any atom is 0.251 e. The molecule has 1 aromatic heterocycles. The summed E-state index contributed by atoms with van der Waals surface area (Å²) in [6, 6.07) is 14.2. The Labute approximate surface area is 203 Å². The van der Waals surface area contributed by atoms with Crippen molar-refractivity contribution in [1.29, 1.82) is 0 Å². The first-order valence-corrected chi connectivity index (χ1v) is 11.9. The van der Waals surface area contributed by atoms with Crippen molar-refractivity contribution in [2.24, 2.45) is 5.16 Å². The van der Waals surface area contributed by atoms with Crippen LogP contribution in [-0.4, -0.2) is 27.9 Å². The van der Waals surface area contributed by atoms with Crippen molar-refractivity contribution in [3.05, 3.63) is 100 Å². The minimum absolute atomic E-state index is 0.127. The molecule has 35 heavy (non-hydrogen) atoms. The number of aromatic nitrogens is 1. The molecule has 1 aliphatic rings. The number of aryl methyl sites for hydroxylation is 1. The lowest BCUT2D eigenvalue weighted by Crippen LogP contribution is -2.36. The molecule has 1 amide bonds. The van der Waals surface area contributed by atoms with Gasteiger partial charge in [-0.2, -0.15) is 0 Å². The summed E-state index contributed by atoms with van der Waals surface area (Å²) in [5.74, 6) is -2.04. The molecule has 0 saturated heterocycles. The van der Waals surface area contributed by atoms with Crippen LogP contribution in [0.5, 0.6) is 0 Å². The molecule has 5 nitrogen and oxygen atoms in total. The predicted octanol–water partition coefficient (Wildman–Crippen LogP) is 6.13. The SMILES string of the molecule is Cc1cc(C(CC(c2ccc(C(=O)NC3CCCCC3)cc2)c2ccc(F)cc2F)=NO)ccn1. The number of pyridine rings is 1. The Hall–Kier alpha value is -3.61. The molecule has 1 atom stereocenters. The molecule has 1 saturated carbocycles. The number of hydrogen-bond donors (Lipinski definition) is 2. The van der Waals surface area contributed by atoms with Crippen LogP contribution < -0.4 is 5.32 Å². The fourth-order valence-corrected chi connectivity index (χ4v) is 4.71. The number of carbonyl (C=O) groups is 1. The first-order chi connectivity index (χ1) is 16.9. The van der Waals surface area contributed by atoms with Gasteiger partial charge in [0.1, 0.15) is 11.6 Å². The molecule has 0 bridgehead atoms. The summed E-state index contributed by atoms with van der Waals surface area (Å²) in [5, 5.41) is 16.3. The smallest absolute Gasteiger partial charge is 0.251 e. The number of amides is 1. The highest BCUT2D eigenvalue weighted by atomic mass is 19.1. The molecule has 182 valence electrons. The topological polar surface area (TPSA) is 74.6 Å². The molecule has 1 aliphatic carbocycles. The van der Waals surface area contributed by atoms with Crippen LogP contribution in [0.3, 0.4) is 0 Å². The molecule has 4 rings (SSSR count). The maximum atomic E-state index is 14.9. The Bertz CT molecular complexity index is 1210. The lowest BCUT2D eigenvalue weighted by atomic mass is 9.84. The molecule has 2 aromatic carbocycles. The molecule has 7 heteroatoms. The predicted molar refractivity (Wildman–Crippen MR) is 131 cm³/mol. The highest BCUT2D eigenvalue weighted by Crippen LogP contribution is 2.32. The summed E-state index contributed by atoms with van der Waals surface area (Å²) < 4.78 is 28.5. The number of carbonyl (C=O) groups excluding carboxylic acids is 1. The van der Waals surface area contributed by atoms with Gasteiger partial charge in [-0.05, 0) is 61.2 Å². The van der Waals surface area contributed by atoms with Crippen LogP contribution in [0, 0.1) is 18.6 Å². The van der Waals surface area contributed by atoms with Crippen LogP contribution in [-0.2, 0) is 0 Å². The van der Waals surface area contributed by atoms with Crippen LogP contribution in [0.15, 0.2) is 65.9 Å². The van der Waals surface area contributed by atoms with Crippen molar-refractivity contribution >= 4 is 11.6 Å². The molecule has 0 aliphatic heterocycles. The molecular formula is C28H29F2N3O2. The first-order valence-electron chi connectivity index (χ1n) is 11.9. The van der Waals surface area contributed by atoms with Crippen molar-refractivity contribution in [1.82, 2.24) is 10.3 Å². The molecular weight excluding hydrogens is 448 g/mol. The lowest BCUT2D eigenvalue weighted by molar-refractivity contribution is 0.0927. The van der Waals surface area contributed by atoms with Crippen molar-refractivity contribution < 1.29 is 18.8 Å². The molecule has 2 N–H and O–H groups in total. The van der Waals surface area contributed by atoms with E-state index in [9.17, 15) is 18.8 Å². The van der Waals surface area contributed by atoms with Crippen molar-refractivity contribution in [3.63, 3.8) is 0 Å². The van der Waals surface area contributed by atoms with Gasteiger partial charge in [-0.15, -0.1) is 0 Å². The van der Waals surface area contributed by atoms with Gasteiger partial charge in [-0.1, -0.05) is 42.6 Å². The van der Waals surface area contributed by atoms with Gasteiger partial charge in [0.05, 0.1) is 5.71 Å². The van der Waals surface area contributed by atoms with E-state index in [1.807, 2.05) is 6.92 Å². The zero-order chi connectivity index (χ0) is 24.8. The number of oxime groups is 1. The number of nitrogens with zero attached hydrogens (tertiary/aromatic N) is 2. The monoisotopic (exact) mass is 477 g/mol. The van der Waals surface area contributed by atoms with Gasteiger partial charge in [-0.25, -0.2) is 8.78 Å². The van der Waals surface area contributed by atoms with Gasteiger partial charge in [0.15, 0.2) is 0 Å². The molecule has 0 spiro atoms. The fourth-order valence-electron chi connectivity index (χ4n) is 4.71. The van der Waals surface area contributed by atoms with E-state index in [1.54, 1.807) is 42.6 Å². The van der Waals surface area contributed by atoms with E-state index in [0.717, 1.165) is 43.0 Å². The van der Waals surface area contributed by atoms with Crippen LogP contribution >= 0.6 is 0 Å². The third kappa shape index (κ3) is 6.10. The molecule has 0 radical (unpaired) electrons. The minimum Gasteiger partial charge on any atom is -0.411 e. The van der Waals surface area contributed by atoms with Gasteiger partial charge in [-0.3, -0.25) is 9.78 Å². The van der Waals surface area contributed by atoms with E-state index in [2.05, 4.69) is 15.5 Å². The normalized spacial score (nSPS) is 15.6. The van der Waals surface area contributed by atoms with E-state index < -0.39 is 17.6 Å². The van der Waals surface area contributed by atoms with E-state index in [1.165, 1.54) is 18.6 Å². The number of halogens is 2. The number of benzene rings is 2. The van der Waals surface area contributed by atoms with Crippen molar-refractivity contribution in [2.45, 2.75) is 57.4 Å². The maximum absolute atomic E-state index is 14.9. The minimum atomic E-state index is -0.683. The zero-order valence-electron chi connectivity index (χ0n) is 19.7. The summed E-state index contributed by atoms with van der Waals surface area (Å²) in [7, 11) is 0. The third-order valence-corrected chi connectivity index (χ3v) is 6.60. The number of hydrogen-bond acceptors (Lipinski definition) is 4. The van der Waals surface area contributed by atoms with Crippen LogP contribution in [0.4, 0.5) is 8.78 Å². The molecule has 1 fully saturated rings. The summed E-state index contributed by atoms with van der Waals surface area (Å²) in [6.45, 7) is 1.83. The summed E-state index contributed by atoms with van der Waals surface area (Å²) >= 11 is 0. The number of rotatable bonds is 7. The van der Waals surface area contributed by atoms with Gasteiger partial charge in [0, 0.05) is 47.5 Å². The lowest BCUT2D eigenvalue weighted by Gasteiger charge is -2.23. The largest absolute Gasteiger partial charge is 0.411 e. The Kier molecular flexibility index (Phi) is 7.85. The summed E-state index contributed by atoms with van der Waals surface area (Å²) in [5.41, 5.74) is 3.29. The molecule has 3 aromatic rings. The standard InChI is InChI=1S/C28H29F2N3O2/c1-18-15-21(13-14-31-18)27(33-35)17-25(24-12-11-22(29)16-26(24)30)19-7-9-20(10-8-19)28(34)32-23-5-3-2-4-6-23/h7-16,23,25,35H,2-6,17H2,1H3,(H,32,34). The quantitative estimate of drug-likeness (QED) is 0.244. The van der Waals surface area contributed by atoms with Gasteiger partial charge in [0.2, 0.25) is 0 Å². The first kappa shape index (κ1) is 24.5. The Morgan fingerprint density at radius 2 is 1.80 bits per heavy atom. The van der Waals surface area contributed by atoms with E-state index in [0.29, 0.717) is 16.8 Å². The van der Waals surface area contributed by atoms with Gasteiger partial charge >= 0.3 is 0 Å². The second-order valence-corrected chi connectivity index (χ2v) is 9.09. The Morgan fingerprint density at radius 1 is 1.06 bits per heavy atom. The fraction of sp³-hybridized carbons (Fsp3) is 0.321. The third-order valence-electron chi connectivity index (χ3n) is 6.60. The van der Waals surface area contributed by atoms with Crippen LogP contribution in [0.2, 0.25) is 0 Å². The van der Waals surface area contributed by atoms with E-state index in [-0.39, 0.29) is 23.9 Å². The second-order valence-electron chi connectivity index (χ2n) is 9.09. The Morgan fingerprint density at radius 3 is 2.46 bits per heavy atom. The Balaban J connectivity index is 1.62. The number of nitrogens with one attached hydrogen (secondary N) is 1. The zero-order valence-corrected chi connectivity index (χ0v) is 19.7. The average Bonchev–Trinajstić information content (AvgIpc) is 2.86. The molecule has 1 heterocycles. The van der Waals surface area contributed by atoms with Gasteiger partial charge in [0.25, 0.3) is 5.91 Å². The molecule has 1 unspecified atom stereocenters. The van der Waals surface area contributed by atoms with Crippen molar-refractivity contribution in [2.75, 3.05) is 0 Å². The highest BCUT2D eigenvalue weighted by Gasteiger charge is 2.23.